The van der Waals surface area contributed by atoms with Crippen molar-refractivity contribution < 1.29 is 14.2 Å². The van der Waals surface area contributed by atoms with Crippen LogP contribution in [0.3, 0.4) is 0 Å². The summed E-state index contributed by atoms with van der Waals surface area (Å²) in [5.41, 5.74) is 6.18. The van der Waals surface area contributed by atoms with Crippen LogP contribution in [-0.4, -0.2) is 37.8 Å². The Hall–Kier alpha value is -3.05. The Morgan fingerprint density at radius 1 is 0.900 bits per heavy atom. The van der Waals surface area contributed by atoms with Crippen molar-refractivity contribution in [3.63, 3.8) is 0 Å². The van der Waals surface area contributed by atoms with Gasteiger partial charge in [0.05, 0.1) is 27.4 Å². The first kappa shape index (κ1) is 20.2. The Labute approximate surface area is 178 Å². The molecule has 0 radical (unpaired) electrons. The lowest BCUT2D eigenvalue weighted by Gasteiger charge is -2.38. The molecule has 1 aliphatic rings. The Balaban J connectivity index is 1.80. The van der Waals surface area contributed by atoms with Gasteiger partial charge in [0.2, 0.25) is 0 Å². The van der Waals surface area contributed by atoms with Crippen molar-refractivity contribution in [2.45, 2.75) is 25.9 Å². The van der Waals surface area contributed by atoms with Crippen molar-refractivity contribution in [2.75, 3.05) is 27.9 Å². The molecule has 1 atom stereocenters. The van der Waals surface area contributed by atoms with Crippen LogP contribution in [0.1, 0.15) is 33.9 Å². The lowest BCUT2D eigenvalue weighted by atomic mass is 9.87. The zero-order valence-corrected chi connectivity index (χ0v) is 18.0. The minimum absolute atomic E-state index is 0.0989. The first-order chi connectivity index (χ1) is 14.6. The SMILES string of the molecule is COc1ccc(C)cc1CN1CCc2cc(OC)c(OC)cc2[C@H]1c1ccncc1. The molecule has 2 heterocycles. The molecular formula is C25H28N2O3. The van der Waals surface area contributed by atoms with Gasteiger partial charge in [-0.05, 0) is 60.4 Å². The van der Waals surface area contributed by atoms with E-state index < -0.39 is 0 Å². The van der Waals surface area contributed by atoms with Crippen LogP contribution in [0.5, 0.6) is 17.2 Å². The molecule has 0 saturated carbocycles. The summed E-state index contributed by atoms with van der Waals surface area (Å²) in [6, 6.07) is 14.9. The van der Waals surface area contributed by atoms with Gasteiger partial charge >= 0.3 is 0 Å². The number of ether oxygens (including phenoxy) is 3. The van der Waals surface area contributed by atoms with Crippen LogP contribution in [0, 0.1) is 6.92 Å². The number of hydrogen-bond acceptors (Lipinski definition) is 5. The van der Waals surface area contributed by atoms with Crippen LogP contribution in [0.2, 0.25) is 0 Å². The van der Waals surface area contributed by atoms with E-state index in [0.717, 1.165) is 36.8 Å². The molecule has 3 aromatic rings. The van der Waals surface area contributed by atoms with Gasteiger partial charge in [0, 0.05) is 31.0 Å². The summed E-state index contributed by atoms with van der Waals surface area (Å²) >= 11 is 0. The molecule has 4 rings (SSSR count). The molecule has 0 saturated heterocycles. The maximum absolute atomic E-state index is 5.65. The normalized spacial score (nSPS) is 16.1. The third kappa shape index (κ3) is 3.85. The standard InChI is InChI=1S/C25H28N2O3/c1-17-5-6-22(28-2)20(13-17)16-27-12-9-19-14-23(29-3)24(30-4)15-21(19)25(27)18-7-10-26-11-8-18/h5-8,10-11,13-15,25H,9,12,16H2,1-4H3/t25-/m1/s1. The summed E-state index contributed by atoms with van der Waals surface area (Å²) < 4.78 is 16.8. The molecule has 0 spiro atoms. The van der Waals surface area contributed by atoms with Gasteiger partial charge in [-0.25, -0.2) is 0 Å². The molecule has 5 nitrogen and oxygen atoms in total. The highest BCUT2D eigenvalue weighted by Crippen LogP contribution is 2.41. The van der Waals surface area contributed by atoms with Gasteiger partial charge in [0.1, 0.15) is 5.75 Å². The lowest BCUT2D eigenvalue weighted by molar-refractivity contribution is 0.201. The van der Waals surface area contributed by atoms with Crippen LogP contribution >= 0.6 is 0 Å². The zero-order valence-electron chi connectivity index (χ0n) is 18.0. The average molecular weight is 405 g/mol. The molecule has 0 unspecified atom stereocenters. The summed E-state index contributed by atoms with van der Waals surface area (Å²) in [5.74, 6) is 2.45. The molecule has 30 heavy (non-hydrogen) atoms. The molecule has 1 aromatic heterocycles. The smallest absolute Gasteiger partial charge is 0.161 e. The van der Waals surface area contributed by atoms with E-state index in [1.54, 1.807) is 21.3 Å². The Kier molecular flexibility index (Phi) is 5.91. The van der Waals surface area contributed by atoms with Crippen molar-refractivity contribution in [2.24, 2.45) is 0 Å². The molecule has 0 fully saturated rings. The maximum Gasteiger partial charge on any atom is 0.161 e. The fraction of sp³-hybridized carbons (Fsp3) is 0.320. The predicted molar refractivity (Wildman–Crippen MR) is 117 cm³/mol. The van der Waals surface area contributed by atoms with Gasteiger partial charge < -0.3 is 14.2 Å². The molecule has 0 amide bonds. The molecule has 2 aromatic carbocycles. The van der Waals surface area contributed by atoms with E-state index in [0.29, 0.717) is 0 Å². The second-order valence-corrected chi connectivity index (χ2v) is 7.62. The second kappa shape index (κ2) is 8.76. The highest BCUT2D eigenvalue weighted by Gasteiger charge is 2.31. The van der Waals surface area contributed by atoms with Crippen LogP contribution in [-0.2, 0) is 13.0 Å². The van der Waals surface area contributed by atoms with Gasteiger partial charge in [-0.15, -0.1) is 0 Å². The molecule has 0 aliphatic carbocycles. The molecular weight excluding hydrogens is 376 g/mol. The quantitative estimate of drug-likeness (QED) is 0.602. The minimum atomic E-state index is 0.0989. The van der Waals surface area contributed by atoms with Gasteiger partial charge in [0.15, 0.2) is 11.5 Å². The molecule has 0 N–H and O–H groups in total. The Morgan fingerprint density at radius 2 is 1.60 bits per heavy atom. The molecule has 5 heteroatoms. The average Bonchev–Trinajstić information content (AvgIpc) is 2.78. The number of fused-ring (bicyclic) bond motifs is 1. The molecule has 0 bridgehead atoms. The van der Waals surface area contributed by atoms with Crippen molar-refractivity contribution >= 4 is 0 Å². The van der Waals surface area contributed by atoms with Crippen molar-refractivity contribution in [3.05, 3.63) is 82.7 Å². The maximum atomic E-state index is 5.65. The first-order valence-corrected chi connectivity index (χ1v) is 10.2. The van der Waals surface area contributed by atoms with Gasteiger partial charge in [-0.1, -0.05) is 17.7 Å². The number of hydrogen-bond donors (Lipinski definition) is 0. The van der Waals surface area contributed by atoms with Crippen LogP contribution in [0.15, 0.2) is 54.9 Å². The van der Waals surface area contributed by atoms with E-state index in [2.05, 4.69) is 59.3 Å². The highest BCUT2D eigenvalue weighted by molar-refractivity contribution is 5.51. The fourth-order valence-corrected chi connectivity index (χ4v) is 4.35. The van der Waals surface area contributed by atoms with E-state index in [1.165, 1.54) is 27.8 Å². The lowest BCUT2D eigenvalue weighted by Crippen LogP contribution is -2.36. The number of aromatic nitrogens is 1. The number of methoxy groups -OCH3 is 3. The van der Waals surface area contributed by atoms with E-state index >= 15 is 0 Å². The molecule has 156 valence electrons. The Morgan fingerprint density at radius 3 is 2.30 bits per heavy atom. The summed E-state index contributed by atoms with van der Waals surface area (Å²) in [5, 5.41) is 0. The van der Waals surface area contributed by atoms with Crippen LogP contribution in [0.4, 0.5) is 0 Å². The number of nitrogens with zero attached hydrogens (tertiary/aromatic N) is 2. The van der Waals surface area contributed by atoms with E-state index in [1.807, 2.05) is 12.4 Å². The number of pyridine rings is 1. The minimum Gasteiger partial charge on any atom is -0.496 e. The summed E-state index contributed by atoms with van der Waals surface area (Å²) in [6.07, 6.45) is 4.66. The van der Waals surface area contributed by atoms with Gasteiger partial charge in [0.25, 0.3) is 0 Å². The number of benzene rings is 2. The molecule has 1 aliphatic heterocycles. The van der Waals surface area contributed by atoms with Crippen molar-refractivity contribution in [1.29, 1.82) is 0 Å². The summed E-state index contributed by atoms with van der Waals surface area (Å²) in [4.78, 5) is 6.72. The van der Waals surface area contributed by atoms with Crippen molar-refractivity contribution in [3.8, 4) is 17.2 Å². The van der Waals surface area contributed by atoms with Crippen LogP contribution in [0.25, 0.3) is 0 Å². The van der Waals surface area contributed by atoms with Gasteiger partial charge in [-0.2, -0.15) is 0 Å². The monoisotopic (exact) mass is 404 g/mol. The largest absolute Gasteiger partial charge is 0.496 e. The second-order valence-electron chi connectivity index (χ2n) is 7.62. The topological polar surface area (TPSA) is 43.8 Å². The van der Waals surface area contributed by atoms with E-state index in [4.69, 9.17) is 14.2 Å². The predicted octanol–water partition coefficient (Wildman–Crippen LogP) is 4.56. The zero-order chi connectivity index (χ0) is 21.1. The Bertz CT molecular complexity index is 1020. The van der Waals surface area contributed by atoms with Gasteiger partial charge in [-0.3, -0.25) is 9.88 Å². The summed E-state index contributed by atoms with van der Waals surface area (Å²) in [6.45, 7) is 3.85. The third-order valence-corrected chi connectivity index (χ3v) is 5.80. The fourth-order valence-electron chi connectivity index (χ4n) is 4.35. The third-order valence-electron chi connectivity index (χ3n) is 5.80. The van der Waals surface area contributed by atoms with E-state index in [9.17, 15) is 0 Å². The van der Waals surface area contributed by atoms with Crippen molar-refractivity contribution in [1.82, 2.24) is 9.88 Å². The number of aryl methyl sites for hydroxylation is 1. The highest BCUT2D eigenvalue weighted by atomic mass is 16.5. The van der Waals surface area contributed by atoms with E-state index in [-0.39, 0.29) is 6.04 Å². The number of rotatable bonds is 6. The summed E-state index contributed by atoms with van der Waals surface area (Å²) in [7, 11) is 5.10. The van der Waals surface area contributed by atoms with Crippen LogP contribution < -0.4 is 14.2 Å². The first-order valence-electron chi connectivity index (χ1n) is 10.2.